The largest absolute Gasteiger partial charge is 0.493 e. The topological polar surface area (TPSA) is 73.8 Å². The van der Waals surface area contributed by atoms with Gasteiger partial charge in [0.2, 0.25) is 5.88 Å². The fraction of sp³-hybridized carbons (Fsp3) is 0.148. The van der Waals surface area contributed by atoms with E-state index in [0.717, 1.165) is 16.5 Å². The van der Waals surface area contributed by atoms with E-state index in [1.54, 1.807) is 13.2 Å². The second kappa shape index (κ2) is 8.74. The molecule has 0 aliphatic rings. The minimum Gasteiger partial charge on any atom is -0.493 e. The molecule has 6 nitrogen and oxygen atoms in total. The average molecular weight is 441 g/mol. The number of methoxy groups -OCH3 is 1. The molecule has 2 heterocycles. The van der Waals surface area contributed by atoms with Crippen LogP contribution in [0.3, 0.4) is 0 Å². The Kier molecular flexibility index (Phi) is 5.48. The first-order chi connectivity index (χ1) is 16.2. The van der Waals surface area contributed by atoms with Crippen molar-refractivity contribution in [3.8, 4) is 22.6 Å². The van der Waals surface area contributed by atoms with E-state index < -0.39 is 5.63 Å². The quantitative estimate of drug-likeness (QED) is 0.302. The Morgan fingerprint density at radius 1 is 0.909 bits per heavy atom. The van der Waals surface area contributed by atoms with Gasteiger partial charge in [-0.1, -0.05) is 48.5 Å². The Labute approximate surface area is 190 Å². The third-order valence-corrected chi connectivity index (χ3v) is 5.49. The highest BCUT2D eigenvalue weighted by Gasteiger charge is 2.23. The predicted octanol–water partition coefficient (Wildman–Crippen LogP) is 6.23. The Balaban J connectivity index is 1.73. The zero-order valence-electron chi connectivity index (χ0n) is 18.4. The Morgan fingerprint density at radius 2 is 1.70 bits per heavy atom. The summed E-state index contributed by atoms with van der Waals surface area (Å²) in [6, 6.07) is 22.9. The van der Waals surface area contributed by atoms with Crippen LogP contribution in [0, 0.1) is 0 Å². The van der Waals surface area contributed by atoms with Gasteiger partial charge in [-0.3, -0.25) is 0 Å². The standard InChI is InChI=1S/C27H23NO5/c1-3-31-21-14-13-18(15-22(21)30-2)23-24-25(19-11-7-8-12-20(19)32-27(24)29)33-26(23)28-16-17-9-5-4-6-10-17/h4-15,28H,3,16H2,1-2H3. The molecule has 0 saturated carbocycles. The van der Waals surface area contributed by atoms with Crippen LogP contribution in [0.1, 0.15) is 12.5 Å². The third-order valence-electron chi connectivity index (χ3n) is 5.49. The van der Waals surface area contributed by atoms with Gasteiger partial charge in [0.25, 0.3) is 0 Å². The van der Waals surface area contributed by atoms with Crippen molar-refractivity contribution < 1.29 is 18.3 Å². The second-order valence-corrected chi connectivity index (χ2v) is 7.53. The molecule has 0 atom stereocenters. The van der Waals surface area contributed by atoms with Gasteiger partial charge in [-0.15, -0.1) is 0 Å². The monoisotopic (exact) mass is 441 g/mol. The van der Waals surface area contributed by atoms with Crippen LogP contribution in [0.5, 0.6) is 11.5 Å². The Hall–Kier alpha value is -4.19. The summed E-state index contributed by atoms with van der Waals surface area (Å²) in [6.07, 6.45) is 0. The van der Waals surface area contributed by atoms with Crippen LogP contribution in [0.15, 0.2) is 86.4 Å². The molecule has 0 fully saturated rings. The van der Waals surface area contributed by atoms with Gasteiger partial charge in [-0.05, 0) is 42.3 Å². The zero-order valence-corrected chi connectivity index (χ0v) is 18.4. The van der Waals surface area contributed by atoms with Crippen LogP contribution in [-0.4, -0.2) is 13.7 Å². The lowest BCUT2D eigenvalue weighted by atomic mass is 10.0. The first-order valence-corrected chi connectivity index (χ1v) is 10.8. The van der Waals surface area contributed by atoms with E-state index in [9.17, 15) is 4.79 Å². The number of hydrogen-bond donors (Lipinski definition) is 1. The molecule has 3 aromatic carbocycles. The highest BCUT2D eigenvalue weighted by molar-refractivity contribution is 6.09. The minimum atomic E-state index is -0.455. The maximum Gasteiger partial charge on any atom is 0.348 e. The highest BCUT2D eigenvalue weighted by atomic mass is 16.5. The van der Waals surface area contributed by atoms with E-state index in [1.807, 2.05) is 73.7 Å². The second-order valence-electron chi connectivity index (χ2n) is 7.53. The number of ether oxygens (including phenoxy) is 2. The van der Waals surface area contributed by atoms with Crippen LogP contribution in [-0.2, 0) is 6.54 Å². The number of rotatable bonds is 7. The number of furan rings is 1. The van der Waals surface area contributed by atoms with Gasteiger partial charge < -0.3 is 23.6 Å². The van der Waals surface area contributed by atoms with Crippen molar-refractivity contribution in [1.82, 2.24) is 0 Å². The Bertz CT molecular complexity index is 1480. The van der Waals surface area contributed by atoms with Crippen molar-refractivity contribution in [3.05, 3.63) is 88.8 Å². The maximum absolute atomic E-state index is 13.1. The van der Waals surface area contributed by atoms with Crippen molar-refractivity contribution in [1.29, 1.82) is 0 Å². The smallest absolute Gasteiger partial charge is 0.348 e. The number of fused-ring (bicyclic) bond motifs is 3. The van der Waals surface area contributed by atoms with Crippen molar-refractivity contribution in [2.75, 3.05) is 19.0 Å². The van der Waals surface area contributed by atoms with Gasteiger partial charge in [-0.25, -0.2) is 4.79 Å². The zero-order chi connectivity index (χ0) is 22.8. The number of hydrogen-bond acceptors (Lipinski definition) is 6. The molecule has 1 N–H and O–H groups in total. The highest BCUT2D eigenvalue weighted by Crippen LogP contribution is 2.42. The van der Waals surface area contributed by atoms with Gasteiger partial charge in [0.1, 0.15) is 11.0 Å². The minimum absolute atomic E-state index is 0.385. The summed E-state index contributed by atoms with van der Waals surface area (Å²) in [7, 11) is 1.59. The maximum atomic E-state index is 13.1. The molecule has 0 aliphatic heterocycles. The van der Waals surface area contributed by atoms with E-state index in [-0.39, 0.29) is 0 Å². The lowest BCUT2D eigenvalue weighted by Gasteiger charge is -2.12. The lowest BCUT2D eigenvalue weighted by Crippen LogP contribution is -2.02. The van der Waals surface area contributed by atoms with Gasteiger partial charge >= 0.3 is 5.63 Å². The molecular weight excluding hydrogens is 418 g/mol. The normalized spacial score (nSPS) is 11.1. The van der Waals surface area contributed by atoms with Crippen molar-refractivity contribution in [2.24, 2.45) is 0 Å². The lowest BCUT2D eigenvalue weighted by molar-refractivity contribution is 0.311. The molecule has 5 aromatic rings. The molecule has 5 rings (SSSR count). The summed E-state index contributed by atoms with van der Waals surface area (Å²) >= 11 is 0. The fourth-order valence-electron chi connectivity index (χ4n) is 3.99. The first-order valence-electron chi connectivity index (χ1n) is 10.8. The van der Waals surface area contributed by atoms with E-state index in [0.29, 0.717) is 52.7 Å². The van der Waals surface area contributed by atoms with E-state index in [2.05, 4.69) is 5.32 Å². The molecular formula is C27H23NO5. The van der Waals surface area contributed by atoms with Gasteiger partial charge in [0, 0.05) is 6.54 Å². The molecule has 0 bridgehead atoms. The average Bonchev–Trinajstić information content (AvgIpc) is 3.24. The number of nitrogens with one attached hydrogen (secondary N) is 1. The fourth-order valence-corrected chi connectivity index (χ4v) is 3.99. The molecule has 166 valence electrons. The molecule has 0 amide bonds. The number of benzene rings is 3. The van der Waals surface area contributed by atoms with Crippen molar-refractivity contribution in [3.63, 3.8) is 0 Å². The van der Waals surface area contributed by atoms with E-state index in [1.165, 1.54) is 0 Å². The van der Waals surface area contributed by atoms with Crippen molar-refractivity contribution in [2.45, 2.75) is 13.5 Å². The molecule has 0 spiro atoms. The third kappa shape index (κ3) is 3.80. The summed E-state index contributed by atoms with van der Waals surface area (Å²) in [5.41, 5.74) is 2.98. The van der Waals surface area contributed by atoms with Gasteiger partial charge in [0.05, 0.1) is 24.7 Å². The predicted molar refractivity (Wildman–Crippen MR) is 129 cm³/mol. The molecule has 0 aliphatic carbocycles. The van der Waals surface area contributed by atoms with Gasteiger partial charge in [-0.2, -0.15) is 0 Å². The van der Waals surface area contributed by atoms with Crippen LogP contribution in [0.25, 0.3) is 33.1 Å². The number of anilines is 1. The summed E-state index contributed by atoms with van der Waals surface area (Å²) in [6.45, 7) is 2.97. The molecule has 2 aromatic heterocycles. The van der Waals surface area contributed by atoms with Crippen LogP contribution in [0.2, 0.25) is 0 Å². The molecule has 33 heavy (non-hydrogen) atoms. The summed E-state index contributed by atoms with van der Waals surface area (Å²) in [4.78, 5) is 13.1. The molecule has 0 radical (unpaired) electrons. The summed E-state index contributed by atoms with van der Waals surface area (Å²) < 4.78 is 23.1. The summed E-state index contributed by atoms with van der Waals surface area (Å²) in [5.74, 6) is 1.69. The van der Waals surface area contributed by atoms with Crippen LogP contribution in [0.4, 0.5) is 5.88 Å². The molecule has 6 heteroatoms. The first kappa shape index (κ1) is 20.7. The SMILES string of the molecule is CCOc1ccc(-c2c(NCc3ccccc3)oc3c2c(=O)oc2ccccc23)cc1OC. The Morgan fingerprint density at radius 3 is 2.48 bits per heavy atom. The van der Waals surface area contributed by atoms with E-state index >= 15 is 0 Å². The number of para-hydroxylation sites is 1. The van der Waals surface area contributed by atoms with Crippen LogP contribution >= 0.6 is 0 Å². The summed E-state index contributed by atoms with van der Waals surface area (Å²) in [5, 5.41) is 4.49. The molecule has 0 unspecified atom stereocenters. The van der Waals surface area contributed by atoms with Crippen LogP contribution < -0.4 is 20.4 Å². The van der Waals surface area contributed by atoms with Gasteiger partial charge in [0.15, 0.2) is 17.1 Å². The van der Waals surface area contributed by atoms with E-state index in [4.69, 9.17) is 18.3 Å². The van der Waals surface area contributed by atoms with Crippen molar-refractivity contribution >= 4 is 27.8 Å². The molecule has 0 saturated heterocycles.